The number of oxazole rings is 1. The van der Waals surface area contributed by atoms with Gasteiger partial charge in [-0.2, -0.15) is 0 Å². The summed E-state index contributed by atoms with van der Waals surface area (Å²) in [6.45, 7) is 4.01. The average molecular weight is 401 g/mol. The Morgan fingerprint density at radius 2 is 1.59 bits per heavy atom. The van der Waals surface area contributed by atoms with Gasteiger partial charge in [0.25, 0.3) is 5.91 Å². The molecule has 0 bridgehead atoms. The first-order chi connectivity index (χ1) is 14.0. The molecule has 0 saturated carbocycles. The number of nitrogens with one attached hydrogen (secondary N) is 2. The molecule has 144 valence electrons. The second kappa shape index (κ2) is 7.85. The molecule has 0 spiro atoms. The van der Waals surface area contributed by atoms with Gasteiger partial charge in [0, 0.05) is 16.8 Å². The first-order valence-corrected chi connectivity index (χ1v) is 9.55. The molecule has 1 heterocycles. The molecule has 4 aromatic rings. The number of hydrogen-bond acceptors (Lipinski definition) is 4. The molecule has 0 aliphatic heterocycles. The van der Waals surface area contributed by atoms with Crippen molar-refractivity contribution in [3.05, 3.63) is 83.4 Å². The van der Waals surface area contributed by atoms with E-state index in [9.17, 15) is 4.79 Å². The molecule has 5 nitrogen and oxygen atoms in total. The number of benzene rings is 3. The number of aromatic nitrogens is 1. The zero-order valence-electron chi connectivity index (χ0n) is 16.0. The molecule has 0 saturated heterocycles. The van der Waals surface area contributed by atoms with Gasteiger partial charge in [-0.05, 0) is 68.5 Å². The van der Waals surface area contributed by atoms with Crippen LogP contribution in [0, 0.1) is 13.8 Å². The van der Waals surface area contributed by atoms with Crippen LogP contribution in [0.3, 0.4) is 0 Å². The van der Waals surface area contributed by atoms with Crippen molar-refractivity contribution in [3.8, 4) is 11.5 Å². The second-order valence-corrected chi connectivity index (χ2v) is 7.25. The van der Waals surface area contributed by atoms with Crippen molar-refractivity contribution in [1.82, 2.24) is 10.3 Å². The number of nitrogens with zero attached hydrogens (tertiary/aromatic N) is 1. The summed E-state index contributed by atoms with van der Waals surface area (Å²) in [6.07, 6.45) is 0. The van der Waals surface area contributed by atoms with Gasteiger partial charge in [0.15, 0.2) is 10.7 Å². The van der Waals surface area contributed by atoms with Gasteiger partial charge in [-0.15, -0.1) is 0 Å². The van der Waals surface area contributed by atoms with Crippen LogP contribution >= 0.6 is 12.2 Å². The monoisotopic (exact) mass is 401 g/mol. The summed E-state index contributed by atoms with van der Waals surface area (Å²) in [6, 6.07) is 20.8. The number of fused-ring (bicyclic) bond motifs is 1. The number of rotatable bonds is 3. The van der Waals surface area contributed by atoms with Crippen LogP contribution < -0.4 is 10.6 Å². The fourth-order valence-electron chi connectivity index (χ4n) is 2.87. The summed E-state index contributed by atoms with van der Waals surface area (Å²) in [4.78, 5) is 16.8. The van der Waals surface area contributed by atoms with Crippen LogP contribution in [0.1, 0.15) is 21.5 Å². The van der Waals surface area contributed by atoms with Crippen molar-refractivity contribution < 1.29 is 9.21 Å². The Labute approximate surface area is 173 Å². The average Bonchev–Trinajstić information content (AvgIpc) is 3.12. The molecule has 6 heteroatoms. The third-order valence-corrected chi connectivity index (χ3v) is 4.69. The molecule has 0 aliphatic rings. The SMILES string of the molecule is Cc1ccc(C(=O)NC(=S)Nc2ccc3oc(-c4ccc(C)cc4)nc3c2)cc1. The van der Waals surface area contributed by atoms with Crippen LogP contribution in [0.5, 0.6) is 0 Å². The Kier molecular flexibility index (Phi) is 5.10. The number of aryl methyl sites for hydroxylation is 2. The predicted molar refractivity (Wildman–Crippen MR) is 119 cm³/mol. The van der Waals surface area contributed by atoms with E-state index in [0.29, 0.717) is 22.6 Å². The predicted octanol–water partition coefficient (Wildman–Crippen LogP) is 5.24. The summed E-state index contributed by atoms with van der Waals surface area (Å²) < 4.78 is 5.84. The zero-order valence-corrected chi connectivity index (χ0v) is 16.8. The lowest BCUT2D eigenvalue weighted by molar-refractivity contribution is 0.0977. The highest BCUT2D eigenvalue weighted by Crippen LogP contribution is 2.26. The fraction of sp³-hybridized carbons (Fsp3) is 0.0870. The quantitative estimate of drug-likeness (QED) is 0.460. The highest BCUT2D eigenvalue weighted by molar-refractivity contribution is 7.80. The van der Waals surface area contributed by atoms with Crippen LogP contribution in [-0.2, 0) is 0 Å². The highest BCUT2D eigenvalue weighted by Gasteiger charge is 2.11. The van der Waals surface area contributed by atoms with E-state index in [2.05, 4.69) is 15.6 Å². The standard InChI is InChI=1S/C23H19N3O2S/c1-14-3-7-16(8-4-14)21(27)26-23(29)24-18-11-12-20-19(13-18)25-22(28-20)17-9-5-15(2)6-10-17/h3-13H,1-2H3,(H2,24,26,27,29). The molecule has 0 fully saturated rings. The van der Waals surface area contributed by atoms with Crippen LogP contribution in [0.15, 0.2) is 71.1 Å². The largest absolute Gasteiger partial charge is 0.436 e. The molecule has 0 unspecified atom stereocenters. The Morgan fingerprint density at radius 1 is 0.931 bits per heavy atom. The molecule has 0 aliphatic carbocycles. The topological polar surface area (TPSA) is 67.2 Å². The third-order valence-electron chi connectivity index (χ3n) is 4.48. The second-order valence-electron chi connectivity index (χ2n) is 6.84. The Bertz CT molecular complexity index is 1200. The van der Waals surface area contributed by atoms with Crippen molar-refractivity contribution in [2.75, 3.05) is 5.32 Å². The van der Waals surface area contributed by atoms with Crippen LogP contribution in [0.4, 0.5) is 5.69 Å². The number of amides is 1. The van der Waals surface area contributed by atoms with E-state index in [1.807, 2.05) is 68.4 Å². The van der Waals surface area contributed by atoms with Crippen LogP contribution in [0.25, 0.3) is 22.6 Å². The van der Waals surface area contributed by atoms with E-state index in [0.717, 1.165) is 16.8 Å². The Hall–Kier alpha value is -3.51. The minimum atomic E-state index is -0.258. The molecule has 0 radical (unpaired) electrons. The van der Waals surface area contributed by atoms with Crippen molar-refractivity contribution in [1.29, 1.82) is 0 Å². The lowest BCUT2D eigenvalue weighted by atomic mass is 10.1. The number of thiocarbonyl (C=S) groups is 1. The minimum Gasteiger partial charge on any atom is -0.436 e. The van der Waals surface area contributed by atoms with E-state index >= 15 is 0 Å². The van der Waals surface area contributed by atoms with E-state index in [4.69, 9.17) is 16.6 Å². The lowest BCUT2D eigenvalue weighted by Crippen LogP contribution is -2.34. The molecule has 29 heavy (non-hydrogen) atoms. The van der Waals surface area contributed by atoms with Gasteiger partial charge < -0.3 is 9.73 Å². The molecule has 2 N–H and O–H groups in total. The molecular weight excluding hydrogens is 382 g/mol. The van der Waals surface area contributed by atoms with Gasteiger partial charge in [0.2, 0.25) is 5.89 Å². The molecule has 4 rings (SSSR count). The van der Waals surface area contributed by atoms with E-state index in [-0.39, 0.29) is 11.0 Å². The first-order valence-electron chi connectivity index (χ1n) is 9.14. The van der Waals surface area contributed by atoms with Crippen molar-refractivity contribution >= 4 is 40.0 Å². The molecule has 3 aromatic carbocycles. The van der Waals surface area contributed by atoms with E-state index < -0.39 is 0 Å². The van der Waals surface area contributed by atoms with E-state index in [1.165, 1.54) is 5.56 Å². The van der Waals surface area contributed by atoms with Gasteiger partial charge in [-0.3, -0.25) is 10.1 Å². The van der Waals surface area contributed by atoms with Gasteiger partial charge in [0.1, 0.15) is 5.52 Å². The Morgan fingerprint density at radius 3 is 2.28 bits per heavy atom. The maximum Gasteiger partial charge on any atom is 0.257 e. The van der Waals surface area contributed by atoms with Gasteiger partial charge in [0.05, 0.1) is 0 Å². The summed E-state index contributed by atoms with van der Waals surface area (Å²) in [5.41, 5.74) is 5.84. The van der Waals surface area contributed by atoms with Crippen molar-refractivity contribution in [2.24, 2.45) is 0 Å². The summed E-state index contributed by atoms with van der Waals surface area (Å²) >= 11 is 5.27. The van der Waals surface area contributed by atoms with Gasteiger partial charge in [-0.25, -0.2) is 4.98 Å². The summed E-state index contributed by atoms with van der Waals surface area (Å²) in [5.74, 6) is 0.305. The third kappa shape index (κ3) is 4.33. The van der Waals surface area contributed by atoms with Crippen molar-refractivity contribution in [2.45, 2.75) is 13.8 Å². The maximum absolute atomic E-state index is 12.3. The number of anilines is 1. The molecule has 1 aromatic heterocycles. The van der Waals surface area contributed by atoms with Gasteiger partial charge >= 0.3 is 0 Å². The number of hydrogen-bond donors (Lipinski definition) is 2. The van der Waals surface area contributed by atoms with Gasteiger partial charge in [-0.1, -0.05) is 35.4 Å². The Balaban J connectivity index is 1.47. The molecule has 1 amide bonds. The lowest BCUT2D eigenvalue weighted by Gasteiger charge is -2.09. The summed E-state index contributed by atoms with van der Waals surface area (Å²) in [5, 5.41) is 5.93. The summed E-state index contributed by atoms with van der Waals surface area (Å²) in [7, 11) is 0. The minimum absolute atomic E-state index is 0.220. The highest BCUT2D eigenvalue weighted by atomic mass is 32.1. The number of carbonyl (C=O) groups excluding carboxylic acids is 1. The molecule has 0 atom stereocenters. The zero-order chi connectivity index (χ0) is 20.4. The number of carbonyl (C=O) groups is 1. The smallest absolute Gasteiger partial charge is 0.257 e. The maximum atomic E-state index is 12.3. The molecular formula is C23H19N3O2S. The normalized spacial score (nSPS) is 10.7. The van der Waals surface area contributed by atoms with Crippen molar-refractivity contribution in [3.63, 3.8) is 0 Å². The van der Waals surface area contributed by atoms with Crippen LogP contribution in [0.2, 0.25) is 0 Å². The fourth-order valence-corrected chi connectivity index (χ4v) is 3.08. The van der Waals surface area contributed by atoms with Crippen LogP contribution in [-0.4, -0.2) is 16.0 Å². The van der Waals surface area contributed by atoms with E-state index in [1.54, 1.807) is 12.1 Å². The first kappa shape index (κ1) is 18.8.